The van der Waals surface area contributed by atoms with Gasteiger partial charge in [-0.05, 0) is 19.9 Å². The van der Waals surface area contributed by atoms with Crippen molar-refractivity contribution in [1.29, 1.82) is 0 Å². The van der Waals surface area contributed by atoms with Gasteiger partial charge in [-0.1, -0.05) is 0 Å². The highest BCUT2D eigenvalue weighted by atomic mass is 16.3. The predicted molar refractivity (Wildman–Crippen MR) is 63.4 cm³/mol. The van der Waals surface area contributed by atoms with Gasteiger partial charge < -0.3 is 13.9 Å². The fourth-order valence-corrected chi connectivity index (χ4v) is 2.12. The Morgan fingerprint density at radius 1 is 1.24 bits per heavy atom. The Balaban J connectivity index is 2.73. The van der Waals surface area contributed by atoms with Crippen LogP contribution < -0.4 is 5.43 Å². The van der Waals surface area contributed by atoms with Crippen LogP contribution in [0, 0.1) is 13.8 Å². The van der Waals surface area contributed by atoms with Crippen molar-refractivity contribution < 1.29 is 13.9 Å². The number of aromatic hydroxyl groups is 1. The molecule has 0 aliphatic rings. The molecule has 0 unspecified atom stereocenters. The molecule has 4 heteroatoms. The zero-order valence-electron chi connectivity index (χ0n) is 9.40. The van der Waals surface area contributed by atoms with Crippen molar-refractivity contribution in [3.63, 3.8) is 0 Å². The Hall–Kier alpha value is -2.23. The fraction of sp³-hybridized carbons (Fsp3) is 0.154. The van der Waals surface area contributed by atoms with E-state index in [0.717, 1.165) is 5.56 Å². The average Bonchev–Trinajstić information content (AvgIpc) is 2.74. The molecular formula is C13H10O4. The van der Waals surface area contributed by atoms with Gasteiger partial charge >= 0.3 is 0 Å². The molecule has 3 aromatic rings. The third-order valence-electron chi connectivity index (χ3n) is 2.91. The second kappa shape index (κ2) is 3.13. The number of benzene rings is 1. The molecule has 17 heavy (non-hydrogen) atoms. The van der Waals surface area contributed by atoms with Crippen LogP contribution in [-0.4, -0.2) is 5.11 Å². The summed E-state index contributed by atoms with van der Waals surface area (Å²) >= 11 is 0. The molecular weight excluding hydrogens is 220 g/mol. The van der Waals surface area contributed by atoms with Gasteiger partial charge in [0.25, 0.3) is 0 Å². The summed E-state index contributed by atoms with van der Waals surface area (Å²) in [5, 5.41) is 10.8. The third kappa shape index (κ3) is 1.21. The number of hydrogen-bond acceptors (Lipinski definition) is 4. The quantitative estimate of drug-likeness (QED) is 0.645. The molecule has 0 radical (unpaired) electrons. The van der Waals surface area contributed by atoms with E-state index in [2.05, 4.69) is 0 Å². The molecule has 2 heterocycles. The number of fused-ring (bicyclic) bond motifs is 2. The first-order valence-electron chi connectivity index (χ1n) is 5.23. The summed E-state index contributed by atoms with van der Waals surface area (Å²) in [6.45, 7) is 3.50. The molecule has 86 valence electrons. The Bertz CT molecular complexity index is 792. The van der Waals surface area contributed by atoms with Gasteiger partial charge in [-0.15, -0.1) is 0 Å². The molecule has 3 rings (SSSR count). The van der Waals surface area contributed by atoms with Crippen molar-refractivity contribution in [3.05, 3.63) is 39.9 Å². The standard InChI is InChI=1S/C13H10O4/c1-6-5-9(14)10-11(15)8-3-4-16-12(8)7(2)13(10)17-6/h3-5,15H,1-2H3. The Morgan fingerprint density at radius 3 is 2.76 bits per heavy atom. The predicted octanol–water partition coefficient (Wildman–Crippen LogP) is 2.86. The van der Waals surface area contributed by atoms with Gasteiger partial charge in [0.2, 0.25) is 0 Å². The molecule has 1 aromatic carbocycles. The lowest BCUT2D eigenvalue weighted by Gasteiger charge is -2.05. The number of rotatable bonds is 0. The third-order valence-corrected chi connectivity index (χ3v) is 2.91. The second-order valence-electron chi connectivity index (χ2n) is 4.06. The molecule has 0 atom stereocenters. The summed E-state index contributed by atoms with van der Waals surface area (Å²) in [6.07, 6.45) is 1.48. The monoisotopic (exact) mass is 230 g/mol. The summed E-state index contributed by atoms with van der Waals surface area (Å²) in [4.78, 5) is 11.9. The van der Waals surface area contributed by atoms with Crippen LogP contribution in [0.3, 0.4) is 0 Å². The summed E-state index contributed by atoms with van der Waals surface area (Å²) in [5.74, 6) is 0.430. The lowest BCUT2D eigenvalue weighted by Crippen LogP contribution is -2.01. The van der Waals surface area contributed by atoms with Gasteiger partial charge in [-0.25, -0.2) is 0 Å². The topological polar surface area (TPSA) is 63.6 Å². The van der Waals surface area contributed by atoms with Crippen molar-refractivity contribution in [1.82, 2.24) is 0 Å². The van der Waals surface area contributed by atoms with E-state index < -0.39 is 0 Å². The molecule has 0 aliphatic carbocycles. The van der Waals surface area contributed by atoms with E-state index in [1.165, 1.54) is 12.3 Å². The minimum absolute atomic E-state index is 0.0805. The van der Waals surface area contributed by atoms with Crippen LogP contribution in [0.5, 0.6) is 5.75 Å². The highest BCUT2D eigenvalue weighted by Crippen LogP contribution is 2.36. The molecule has 0 spiro atoms. The largest absolute Gasteiger partial charge is 0.506 e. The average molecular weight is 230 g/mol. The summed E-state index contributed by atoms with van der Waals surface area (Å²) in [6, 6.07) is 3.00. The molecule has 0 amide bonds. The first-order chi connectivity index (χ1) is 8.09. The molecule has 0 saturated heterocycles. The zero-order valence-corrected chi connectivity index (χ0v) is 9.40. The molecule has 0 fully saturated rings. The van der Waals surface area contributed by atoms with E-state index in [1.54, 1.807) is 19.9 Å². The maximum Gasteiger partial charge on any atom is 0.196 e. The maximum atomic E-state index is 11.9. The van der Waals surface area contributed by atoms with Gasteiger partial charge in [0.15, 0.2) is 5.43 Å². The smallest absolute Gasteiger partial charge is 0.196 e. The van der Waals surface area contributed by atoms with Gasteiger partial charge in [-0.3, -0.25) is 4.79 Å². The Labute approximate surface area is 96.1 Å². The van der Waals surface area contributed by atoms with E-state index in [4.69, 9.17) is 8.83 Å². The van der Waals surface area contributed by atoms with Crippen molar-refractivity contribution in [3.8, 4) is 5.75 Å². The Morgan fingerprint density at radius 2 is 2.00 bits per heavy atom. The van der Waals surface area contributed by atoms with Gasteiger partial charge in [0.1, 0.15) is 28.1 Å². The lowest BCUT2D eigenvalue weighted by atomic mass is 10.1. The van der Waals surface area contributed by atoms with E-state index in [9.17, 15) is 9.90 Å². The first-order valence-corrected chi connectivity index (χ1v) is 5.23. The van der Waals surface area contributed by atoms with E-state index in [0.29, 0.717) is 22.3 Å². The number of aryl methyl sites for hydroxylation is 2. The zero-order chi connectivity index (χ0) is 12.2. The van der Waals surface area contributed by atoms with Crippen LogP contribution in [0.25, 0.3) is 21.9 Å². The van der Waals surface area contributed by atoms with Crippen molar-refractivity contribution >= 4 is 21.9 Å². The van der Waals surface area contributed by atoms with Crippen LogP contribution in [0.4, 0.5) is 0 Å². The number of phenolic OH excluding ortho intramolecular Hbond substituents is 1. The fourth-order valence-electron chi connectivity index (χ4n) is 2.12. The van der Waals surface area contributed by atoms with Crippen LogP contribution >= 0.6 is 0 Å². The van der Waals surface area contributed by atoms with Crippen molar-refractivity contribution in [2.45, 2.75) is 13.8 Å². The maximum absolute atomic E-state index is 11.9. The number of furan rings is 1. The highest BCUT2D eigenvalue weighted by molar-refractivity contribution is 6.03. The van der Waals surface area contributed by atoms with Gasteiger partial charge in [0, 0.05) is 11.6 Å². The summed E-state index contributed by atoms with van der Waals surface area (Å²) in [7, 11) is 0. The van der Waals surface area contributed by atoms with Crippen molar-refractivity contribution in [2.24, 2.45) is 0 Å². The minimum atomic E-state index is -0.243. The van der Waals surface area contributed by atoms with Gasteiger partial charge in [-0.2, -0.15) is 0 Å². The molecule has 2 aromatic heterocycles. The van der Waals surface area contributed by atoms with Crippen LogP contribution in [0.15, 0.2) is 32.0 Å². The van der Waals surface area contributed by atoms with Crippen molar-refractivity contribution in [2.75, 3.05) is 0 Å². The molecule has 0 saturated carbocycles. The molecule has 1 N–H and O–H groups in total. The SMILES string of the molecule is Cc1cc(=O)c2c(O)c3ccoc3c(C)c2o1. The molecule has 0 bridgehead atoms. The van der Waals surface area contributed by atoms with Gasteiger partial charge in [0.05, 0.1) is 11.6 Å². The first kappa shape index (κ1) is 9.96. The molecule has 4 nitrogen and oxygen atoms in total. The van der Waals surface area contributed by atoms with E-state index in [-0.39, 0.29) is 16.6 Å². The number of phenols is 1. The van der Waals surface area contributed by atoms with Crippen LogP contribution in [0.1, 0.15) is 11.3 Å². The minimum Gasteiger partial charge on any atom is -0.506 e. The summed E-state index contributed by atoms with van der Waals surface area (Å²) in [5.41, 5.74) is 1.41. The van der Waals surface area contributed by atoms with E-state index >= 15 is 0 Å². The van der Waals surface area contributed by atoms with E-state index in [1.807, 2.05) is 0 Å². The normalized spacial score (nSPS) is 11.4. The molecule has 0 aliphatic heterocycles. The lowest BCUT2D eigenvalue weighted by molar-refractivity contribution is 0.484. The summed E-state index contributed by atoms with van der Waals surface area (Å²) < 4.78 is 10.8. The Kier molecular flexibility index (Phi) is 1.84. The van der Waals surface area contributed by atoms with Crippen LogP contribution in [-0.2, 0) is 0 Å². The second-order valence-corrected chi connectivity index (χ2v) is 4.06. The number of hydrogen-bond donors (Lipinski definition) is 1. The highest BCUT2D eigenvalue weighted by Gasteiger charge is 2.17. The van der Waals surface area contributed by atoms with Crippen LogP contribution in [0.2, 0.25) is 0 Å².